The summed E-state index contributed by atoms with van der Waals surface area (Å²) >= 11 is 0. The van der Waals surface area contributed by atoms with Crippen molar-refractivity contribution in [3.05, 3.63) is 89.5 Å². The standard InChI is InChI=1S/C28H28N2O5/c1-3-25(27(32)33)30-26(31)17(2)18-12-14-19(15-13-18)29-28(34)35-16-24-22-10-6-4-8-20(22)21-9-5-7-11-23(21)24/h4-15,17,24-25H,3,16H2,1-2H3,(H,29,34)(H,30,31)(H,32,33). The Morgan fingerprint density at radius 2 is 1.49 bits per heavy atom. The molecular weight excluding hydrogens is 444 g/mol. The molecule has 0 aromatic heterocycles. The minimum Gasteiger partial charge on any atom is -0.480 e. The van der Waals surface area contributed by atoms with Crippen molar-refractivity contribution in [2.24, 2.45) is 0 Å². The second kappa shape index (κ2) is 10.4. The number of carboxylic acid groups (broad SMARTS) is 1. The molecule has 3 aromatic carbocycles. The van der Waals surface area contributed by atoms with Gasteiger partial charge in [-0.25, -0.2) is 9.59 Å². The highest BCUT2D eigenvalue weighted by Crippen LogP contribution is 2.44. The predicted octanol–water partition coefficient (Wildman–Crippen LogP) is 5.13. The smallest absolute Gasteiger partial charge is 0.411 e. The molecule has 35 heavy (non-hydrogen) atoms. The molecule has 2 unspecified atom stereocenters. The first-order valence-electron chi connectivity index (χ1n) is 11.6. The number of rotatable bonds is 8. The normalized spacial score (nSPS) is 13.8. The molecule has 7 nitrogen and oxygen atoms in total. The van der Waals surface area contributed by atoms with Crippen molar-refractivity contribution in [2.75, 3.05) is 11.9 Å². The fourth-order valence-corrected chi connectivity index (χ4v) is 4.39. The summed E-state index contributed by atoms with van der Waals surface area (Å²) in [7, 11) is 0. The van der Waals surface area contributed by atoms with Gasteiger partial charge in [0.2, 0.25) is 5.91 Å². The van der Waals surface area contributed by atoms with E-state index in [1.54, 1.807) is 38.1 Å². The number of hydrogen-bond donors (Lipinski definition) is 3. The predicted molar refractivity (Wildman–Crippen MR) is 133 cm³/mol. The molecule has 4 rings (SSSR count). The summed E-state index contributed by atoms with van der Waals surface area (Å²) in [6.07, 6.45) is -0.255. The van der Waals surface area contributed by atoms with E-state index in [9.17, 15) is 14.4 Å². The molecule has 2 atom stereocenters. The van der Waals surface area contributed by atoms with E-state index >= 15 is 0 Å². The number of benzene rings is 3. The third-order valence-corrected chi connectivity index (χ3v) is 6.42. The molecule has 0 spiro atoms. The molecule has 3 aromatic rings. The molecule has 0 bridgehead atoms. The second-order valence-electron chi connectivity index (χ2n) is 8.60. The molecule has 0 heterocycles. The van der Waals surface area contributed by atoms with Gasteiger partial charge in [0.05, 0.1) is 5.92 Å². The molecule has 0 saturated carbocycles. The molecule has 1 aliphatic carbocycles. The van der Waals surface area contributed by atoms with Crippen LogP contribution in [0.15, 0.2) is 72.8 Å². The van der Waals surface area contributed by atoms with Gasteiger partial charge in [0.1, 0.15) is 12.6 Å². The van der Waals surface area contributed by atoms with Crippen LogP contribution in [0.3, 0.4) is 0 Å². The first-order chi connectivity index (χ1) is 16.9. The van der Waals surface area contributed by atoms with Crippen molar-refractivity contribution in [1.82, 2.24) is 5.32 Å². The van der Waals surface area contributed by atoms with E-state index in [0.29, 0.717) is 17.7 Å². The van der Waals surface area contributed by atoms with Crippen LogP contribution in [0.4, 0.5) is 10.5 Å². The summed E-state index contributed by atoms with van der Waals surface area (Å²) in [4.78, 5) is 36.1. The van der Waals surface area contributed by atoms with Gasteiger partial charge in [-0.15, -0.1) is 0 Å². The number of aliphatic carboxylic acids is 1. The van der Waals surface area contributed by atoms with Crippen LogP contribution in [0.25, 0.3) is 11.1 Å². The van der Waals surface area contributed by atoms with Crippen LogP contribution >= 0.6 is 0 Å². The maximum Gasteiger partial charge on any atom is 0.411 e. The highest BCUT2D eigenvalue weighted by molar-refractivity contribution is 5.88. The van der Waals surface area contributed by atoms with Crippen LogP contribution in [0, 0.1) is 0 Å². The van der Waals surface area contributed by atoms with Gasteiger partial charge in [-0.2, -0.15) is 0 Å². The summed E-state index contributed by atoms with van der Waals surface area (Å²) < 4.78 is 5.57. The van der Waals surface area contributed by atoms with Crippen LogP contribution in [-0.2, 0) is 14.3 Å². The average molecular weight is 473 g/mol. The highest BCUT2D eigenvalue weighted by atomic mass is 16.5. The molecule has 2 amide bonds. The lowest BCUT2D eigenvalue weighted by Gasteiger charge is -2.17. The molecule has 180 valence electrons. The number of carbonyl (C=O) groups is 3. The van der Waals surface area contributed by atoms with Gasteiger partial charge in [-0.05, 0) is 53.3 Å². The Hall–Kier alpha value is -4.13. The average Bonchev–Trinajstić information content (AvgIpc) is 3.19. The topological polar surface area (TPSA) is 105 Å². The third-order valence-electron chi connectivity index (χ3n) is 6.42. The lowest BCUT2D eigenvalue weighted by molar-refractivity contribution is -0.142. The maximum atomic E-state index is 12.5. The molecule has 1 aliphatic rings. The summed E-state index contributed by atoms with van der Waals surface area (Å²) in [5.74, 6) is -1.98. The van der Waals surface area contributed by atoms with Crippen molar-refractivity contribution in [3.8, 4) is 11.1 Å². The fraction of sp³-hybridized carbons (Fsp3) is 0.250. The van der Waals surface area contributed by atoms with Crippen molar-refractivity contribution in [2.45, 2.75) is 38.1 Å². The van der Waals surface area contributed by atoms with Crippen molar-refractivity contribution in [1.29, 1.82) is 0 Å². The number of ether oxygens (including phenoxy) is 1. The van der Waals surface area contributed by atoms with Gasteiger partial charge in [0.25, 0.3) is 0 Å². The molecule has 0 aliphatic heterocycles. The molecule has 0 fully saturated rings. The number of anilines is 1. The molecule has 0 radical (unpaired) electrons. The van der Waals surface area contributed by atoms with Crippen LogP contribution < -0.4 is 10.6 Å². The Labute approximate surface area is 204 Å². The summed E-state index contributed by atoms with van der Waals surface area (Å²) in [6.45, 7) is 3.63. The molecular formula is C28H28N2O5. The van der Waals surface area contributed by atoms with Gasteiger partial charge in [-0.1, -0.05) is 67.6 Å². The fourth-order valence-electron chi connectivity index (χ4n) is 4.39. The van der Waals surface area contributed by atoms with E-state index < -0.39 is 24.0 Å². The maximum absolute atomic E-state index is 12.5. The second-order valence-corrected chi connectivity index (χ2v) is 8.60. The van der Waals surface area contributed by atoms with E-state index in [0.717, 1.165) is 11.1 Å². The Morgan fingerprint density at radius 1 is 0.914 bits per heavy atom. The largest absolute Gasteiger partial charge is 0.480 e. The minimum absolute atomic E-state index is 0.0207. The van der Waals surface area contributed by atoms with Gasteiger partial charge >= 0.3 is 12.1 Å². The number of hydrogen-bond acceptors (Lipinski definition) is 4. The molecule has 7 heteroatoms. The molecule has 3 N–H and O–H groups in total. The van der Waals surface area contributed by atoms with Crippen molar-refractivity contribution >= 4 is 23.7 Å². The van der Waals surface area contributed by atoms with Crippen LogP contribution in [0.1, 0.15) is 48.8 Å². The molecule has 0 saturated heterocycles. The lowest BCUT2D eigenvalue weighted by Crippen LogP contribution is -2.42. The lowest BCUT2D eigenvalue weighted by atomic mass is 9.98. The zero-order chi connectivity index (χ0) is 24.9. The van der Waals surface area contributed by atoms with Crippen molar-refractivity contribution < 1.29 is 24.2 Å². The van der Waals surface area contributed by atoms with Crippen LogP contribution in [-0.4, -0.2) is 35.7 Å². The number of carboxylic acids is 1. The Balaban J connectivity index is 1.35. The number of fused-ring (bicyclic) bond motifs is 3. The number of amides is 2. The first-order valence-corrected chi connectivity index (χ1v) is 11.6. The van der Waals surface area contributed by atoms with Gasteiger partial charge in [-0.3, -0.25) is 10.1 Å². The third kappa shape index (κ3) is 5.19. The van der Waals surface area contributed by atoms with Crippen LogP contribution in [0.2, 0.25) is 0 Å². The van der Waals surface area contributed by atoms with Crippen LogP contribution in [0.5, 0.6) is 0 Å². The Morgan fingerprint density at radius 3 is 2.03 bits per heavy atom. The minimum atomic E-state index is -1.06. The zero-order valence-electron chi connectivity index (χ0n) is 19.7. The van der Waals surface area contributed by atoms with E-state index in [2.05, 4.69) is 34.9 Å². The zero-order valence-corrected chi connectivity index (χ0v) is 19.7. The monoisotopic (exact) mass is 472 g/mol. The van der Waals surface area contributed by atoms with Gasteiger partial charge in [0.15, 0.2) is 0 Å². The summed E-state index contributed by atoms with van der Waals surface area (Å²) in [5, 5.41) is 14.4. The van der Waals surface area contributed by atoms with E-state index in [4.69, 9.17) is 9.84 Å². The highest BCUT2D eigenvalue weighted by Gasteiger charge is 2.29. The van der Waals surface area contributed by atoms with Gasteiger partial charge in [0, 0.05) is 11.6 Å². The summed E-state index contributed by atoms with van der Waals surface area (Å²) in [5.41, 5.74) is 5.87. The number of carbonyl (C=O) groups excluding carboxylic acids is 2. The quantitative estimate of drug-likeness (QED) is 0.422. The Kier molecular flexibility index (Phi) is 7.15. The first kappa shape index (κ1) is 24.0. The van der Waals surface area contributed by atoms with E-state index in [1.807, 2.05) is 24.3 Å². The summed E-state index contributed by atoms with van der Waals surface area (Å²) in [6, 6.07) is 22.2. The van der Waals surface area contributed by atoms with Crippen molar-refractivity contribution in [3.63, 3.8) is 0 Å². The SMILES string of the molecule is CCC(NC(=O)C(C)c1ccc(NC(=O)OCC2c3ccccc3-c3ccccc32)cc1)C(=O)O. The number of nitrogens with one attached hydrogen (secondary N) is 2. The van der Waals surface area contributed by atoms with E-state index in [1.165, 1.54) is 11.1 Å². The van der Waals surface area contributed by atoms with E-state index in [-0.39, 0.29) is 18.4 Å². The van der Waals surface area contributed by atoms with Gasteiger partial charge < -0.3 is 15.2 Å². The Bertz CT molecular complexity index is 1190.